The van der Waals surface area contributed by atoms with Crippen LogP contribution in [0, 0.1) is 5.92 Å². The minimum Gasteiger partial charge on any atom is -0.342 e. The van der Waals surface area contributed by atoms with Crippen LogP contribution in [0.4, 0.5) is 0 Å². The normalized spacial score (nSPS) is 27.9. The number of rotatable bonds is 2. The van der Waals surface area contributed by atoms with Crippen LogP contribution in [0.5, 0.6) is 0 Å². The fourth-order valence-electron chi connectivity index (χ4n) is 2.65. The second kappa shape index (κ2) is 4.52. The molecule has 3 nitrogen and oxygen atoms in total. The van der Waals surface area contributed by atoms with Gasteiger partial charge >= 0.3 is 0 Å². The Kier molecular flexibility index (Phi) is 3.29. The molecule has 2 heterocycles. The van der Waals surface area contributed by atoms with E-state index in [4.69, 9.17) is 0 Å². The summed E-state index contributed by atoms with van der Waals surface area (Å²) in [6.07, 6.45) is 3.46. The van der Waals surface area contributed by atoms with E-state index in [1.807, 2.05) is 0 Å². The Labute approximate surface area is 92.4 Å². The largest absolute Gasteiger partial charge is 0.342 e. The van der Waals surface area contributed by atoms with E-state index in [1.165, 1.54) is 12.8 Å². The summed E-state index contributed by atoms with van der Waals surface area (Å²) in [5.74, 6) is 0.696. The summed E-state index contributed by atoms with van der Waals surface area (Å²) in [5.41, 5.74) is 0. The van der Waals surface area contributed by atoms with Crippen LogP contribution in [0.2, 0.25) is 0 Å². The molecule has 3 heteroatoms. The van der Waals surface area contributed by atoms with Gasteiger partial charge in [-0.1, -0.05) is 0 Å². The van der Waals surface area contributed by atoms with Gasteiger partial charge < -0.3 is 9.80 Å². The van der Waals surface area contributed by atoms with Crippen LogP contribution >= 0.6 is 0 Å². The smallest absolute Gasteiger partial charge is 0.227 e. The van der Waals surface area contributed by atoms with E-state index in [0.717, 1.165) is 32.6 Å². The third kappa shape index (κ3) is 2.33. The first kappa shape index (κ1) is 10.9. The molecule has 2 aliphatic rings. The Bertz CT molecular complexity index is 234. The van der Waals surface area contributed by atoms with E-state index in [2.05, 4.69) is 23.6 Å². The Morgan fingerprint density at radius 2 is 1.87 bits per heavy atom. The Morgan fingerprint density at radius 3 is 2.40 bits per heavy atom. The van der Waals surface area contributed by atoms with Gasteiger partial charge in [0, 0.05) is 25.7 Å². The molecule has 0 aliphatic carbocycles. The van der Waals surface area contributed by atoms with E-state index >= 15 is 0 Å². The molecule has 1 atom stereocenters. The van der Waals surface area contributed by atoms with Crippen molar-refractivity contribution < 1.29 is 4.79 Å². The van der Waals surface area contributed by atoms with Crippen molar-refractivity contribution in [1.29, 1.82) is 0 Å². The maximum absolute atomic E-state index is 12.1. The van der Waals surface area contributed by atoms with Gasteiger partial charge in [-0.2, -0.15) is 0 Å². The highest BCUT2D eigenvalue weighted by atomic mass is 16.2. The number of amides is 1. The number of nitrogens with zero attached hydrogens (tertiary/aromatic N) is 2. The van der Waals surface area contributed by atoms with E-state index in [1.54, 1.807) is 0 Å². The molecule has 0 N–H and O–H groups in total. The summed E-state index contributed by atoms with van der Waals surface area (Å²) >= 11 is 0. The van der Waals surface area contributed by atoms with Crippen molar-refractivity contribution in [1.82, 2.24) is 9.80 Å². The second-order valence-corrected chi connectivity index (χ2v) is 5.11. The average Bonchev–Trinajstić information content (AvgIpc) is 2.88. The van der Waals surface area contributed by atoms with Crippen LogP contribution in [0.25, 0.3) is 0 Å². The lowest BCUT2D eigenvalue weighted by molar-refractivity contribution is -0.134. The zero-order chi connectivity index (χ0) is 10.8. The highest BCUT2D eigenvalue weighted by Gasteiger charge is 2.32. The summed E-state index contributed by atoms with van der Waals surface area (Å²) in [6, 6.07) is 0.585. The van der Waals surface area contributed by atoms with Crippen LogP contribution in [0.1, 0.15) is 33.1 Å². The standard InChI is InChI=1S/C12H22N2O/c1-10(2)14-8-5-11(9-14)12(15)13-6-3-4-7-13/h10-11H,3-9H2,1-2H3. The summed E-state index contributed by atoms with van der Waals surface area (Å²) in [7, 11) is 0. The molecule has 0 bridgehead atoms. The summed E-state index contributed by atoms with van der Waals surface area (Å²) < 4.78 is 0. The van der Waals surface area contributed by atoms with Crippen molar-refractivity contribution in [2.24, 2.45) is 5.92 Å². The average molecular weight is 210 g/mol. The molecular weight excluding hydrogens is 188 g/mol. The lowest BCUT2D eigenvalue weighted by Gasteiger charge is -2.22. The summed E-state index contributed by atoms with van der Waals surface area (Å²) in [6.45, 7) is 8.49. The summed E-state index contributed by atoms with van der Waals surface area (Å²) in [4.78, 5) is 16.6. The molecule has 0 radical (unpaired) electrons. The second-order valence-electron chi connectivity index (χ2n) is 5.11. The van der Waals surface area contributed by atoms with Crippen LogP contribution in [-0.2, 0) is 4.79 Å². The minimum absolute atomic E-state index is 0.283. The fourth-order valence-corrected chi connectivity index (χ4v) is 2.65. The molecule has 2 aliphatic heterocycles. The molecule has 2 saturated heterocycles. The lowest BCUT2D eigenvalue weighted by Crippen LogP contribution is -2.36. The van der Waals surface area contributed by atoms with Crippen LogP contribution in [0.3, 0.4) is 0 Å². The molecule has 1 unspecified atom stereocenters. The van der Waals surface area contributed by atoms with Crippen molar-refractivity contribution >= 4 is 5.91 Å². The van der Waals surface area contributed by atoms with Gasteiger partial charge in [-0.05, 0) is 39.7 Å². The van der Waals surface area contributed by atoms with Crippen molar-refractivity contribution in [3.05, 3.63) is 0 Å². The Balaban J connectivity index is 1.87. The van der Waals surface area contributed by atoms with E-state index in [-0.39, 0.29) is 5.92 Å². The SMILES string of the molecule is CC(C)N1CCC(C(=O)N2CCCC2)C1. The Hall–Kier alpha value is -0.570. The summed E-state index contributed by atoms with van der Waals surface area (Å²) in [5, 5.41) is 0. The number of carbonyl (C=O) groups is 1. The number of hydrogen-bond donors (Lipinski definition) is 0. The minimum atomic E-state index is 0.283. The third-order valence-corrected chi connectivity index (χ3v) is 3.72. The van der Waals surface area contributed by atoms with E-state index in [9.17, 15) is 4.79 Å². The number of hydrogen-bond acceptors (Lipinski definition) is 2. The van der Waals surface area contributed by atoms with Crippen molar-refractivity contribution in [2.75, 3.05) is 26.2 Å². The molecule has 0 spiro atoms. The molecular formula is C12H22N2O. The van der Waals surface area contributed by atoms with Crippen LogP contribution in [0.15, 0.2) is 0 Å². The highest BCUT2D eigenvalue weighted by molar-refractivity contribution is 5.79. The molecule has 0 aromatic heterocycles. The first-order valence-electron chi connectivity index (χ1n) is 6.21. The fraction of sp³-hybridized carbons (Fsp3) is 0.917. The molecule has 0 aromatic rings. The molecule has 1 amide bonds. The topological polar surface area (TPSA) is 23.6 Å². The Morgan fingerprint density at radius 1 is 1.20 bits per heavy atom. The maximum atomic E-state index is 12.1. The molecule has 2 fully saturated rings. The molecule has 15 heavy (non-hydrogen) atoms. The lowest BCUT2D eigenvalue weighted by atomic mass is 10.1. The van der Waals surface area contributed by atoms with Crippen molar-refractivity contribution in [2.45, 2.75) is 39.2 Å². The van der Waals surface area contributed by atoms with Gasteiger partial charge in [-0.25, -0.2) is 0 Å². The van der Waals surface area contributed by atoms with Crippen LogP contribution < -0.4 is 0 Å². The van der Waals surface area contributed by atoms with Gasteiger partial charge in [0.25, 0.3) is 0 Å². The number of likely N-dealkylation sites (tertiary alicyclic amines) is 2. The van der Waals surface area contributed by atoms with Gasteiger partial charge in [0.2, 0.25) is 5.91 Å². The van der Waals surface area contributed by atoms with Gasteiger partial charge in [0.1, 0.15) is 0 Å². The van der Waals surface area contributed by atoms with E-state index in [0.29, 0.717) is 11.9 Å². The zero-order valence-electron chi connectivity index (χ0n) is 9.91. The van der Waals surface area contributed by atoms with Gasteiger partial charge in [-0.15, -0.1) is 0 Å². The van der Waals surface area contributed by atoms with Crippen molar-refractivity contribution in [3.8, 4) is 0 Å². The predicted octanol–water partition coefficient (Wildman–Crippen LogP) is 1.34. The van der Waals surface area contributed by atoms with Gasteiger partial charge in [0.05, 0.1) is 5.92 Å². The maximum Gasteiger partial charge on any atom is 0.227 e. The first-order valence-corrected chi connectivity index (χ1v) is 6.21. The van der Waals surface area contributed by atoms with Gasteiger partial charge in [0.15, 0.2) is 0 Å². The molecule has 2 rings (SSSR count). The molecule has 0 saturated carbocycles. The molecule has 0 aromatic carbocycles. The van der Waals surface area contributed by atoms with Gasteiger partial charge in [-0.3, -0.25) is 4.79 Å². The van der Waals surface area contributed by atoms with Crippen LogP contribution in [-0.4, -0.2) is 47.9 Å². The number of carbonyl (C=O) groups excluding carboxylic acids is 1. The predicted molar refractivity (Wildman–Crippen MR) is 60.6 cm³/mol. The molecule has 86 valence electrons. The first-order chi connectivity index (χ1) is 7.18. The monoisotopic (exact) mass is 210 g/mol. The van der Waals surface area contributed by atoms with E-state index < -0.39 is 0 Å². The highest BCUT2D eigenvalue weighted by Crippen LogP contribution is 2.22. The third-order valence-electron chi connectivity index (χ3n) is 3.72. The zero-order valence-corrected chi connectivity index (χ0v) is 9.91. The van der Waals surface area contributed by atoms with Crippen molar-refractivity contribution in [3.63, 3.8) is 0 Å². The quantitative estimate of drug-likeness (QED) is 0.686.